The first-order chi connectivity index (χ1) is 12.9. The van der Waals surface area contributed by atoms with Crippen molar-refractivity contribution in [2.45, 2.75) is 57.1 Å². The smallest absolute Gasteiger partial charge is 0.237 e. The molecule has 0 aliphatic carbocycles. The normalized spacial score (nSPS) is 11.7. The van der Waals surface area contributed by atoms with Gasteiger partial charge in [0.05, 0.1) is 5.25 Å². The summed E-state index contributed by atoms with van der Waals surface area (Å²) < 4.78 is 0. The van der Waals surface area contributed by atoms with Crippen LogP contribution in [0.25, 0.3) is 0 Å². The summed E-state index contributed by atoms with van der Waals surface area (Å²) in [4.78, 5) is 25.4. The summed E-state index contributed by atoms with van der Waals surface area (Å²) in [6, 6.07) is 13.6. The summed E-state index contributed by atoms with van der Waals surface area (Å²) in [6.07, 6.45) is 2.41. The quantitative estimate of drug-likeness (QED) is 0.587. The molecule has 2 amide bonds. The maximum absolute atomic E-state index is 12.5. The Kier molecular flexibility index (Phi) is 7.92. The van der Waals surface area contributed by atoms with E-state index in [4.69, 9.17) is 0 Å². The molecule has 0 spiro atoms. The molecule has 27 heavy (non-hydrogen) atoms. The van der Waals surface area contributed by atoms with Crippen LogP contribution in [0.1, 0.15) is 44.2 Å². The van der Waals surface area contributed by atoms with Gasteiger partial charge in [-0.05, 0) is 68.7 Å². The molecule has 0 fully saturated rings. The highest BCUT2D eigenvalue weighted by molar-refractivity contribution is 8.00. The van der Waals surface area contributed by atoms with Gasteiger partial charge in [-0.2, -0.15) is 0 Å². The van der Waals surface area contributed by atoms with E-state index < -0.39 is 0 Å². The van der Waals surface area contributed by atoms with E-state index in [0.29, 0.717) is 6.42 Å². The molecule has 0 bridgehead atoms. The number of unbranched alkanes of at least 4 members (excludes halogenated alkanes) is 1. The molecular weight excluding hydrogens is 356 g/mol. The summed E-state index contributed by atoms with van der Waals surface area (Å²) >= 11 is 1.48. The Morgan fingerprint density at radius 3 is 2.37 bits per heavy atom. The average Bonchev–Trinajstić information content (AvgIpc) is 2.59. The largest absolute Gasteiger partial charge is 0.326 e. The van der Waals surface area contributed by atoms with E-state index in [1.165, 1.54) is 11.8 Å². The lowest BCUT2D eigenvalue weighted by Gasteiger charge is -2.14. The summed E-state index contributed by atoms with van der Waals surface area (Å²) in [5.74, 6) is -0.0120. The number of amides is 2. The molecule has 5 heteroatoms. The van der Waals surface area contributed by atoms with Crippen LogP contribution < -0.4 is 10.6 Å². The van der Waals surface area contributed by atoms with Gasteiger partial charge in [-0.25, -0.2) is 0 Å². The third-order valence-electron chi connectivity index (χ3n) is 4.05. The minimum absolute atomic E-state index is 0.0274. The van der Waals surface area contributed by atoms with Gasteiger partial charge in [0, 0.05) is 22.7 Å². The van der Waals surface area contributed by atoms with Crippen molar-refractivity contribution >= 4 is 35.0 Å². The van der Waals surface area contributed by atoms with Crippen molar-refractivity contribution in [2.24, 2.45) is 0 Å². The monoisotopic (exact) mass is 384 g/mol. The highest BCUT2D eigenvalue weighted by Crippen LogP contribution is 2.27. The van der Waals surface area contributed by atoms with Crippen LogP contribution in [0.3, 0.4) is 0 Å². The lowest BCUT2D eigenvalue weighted by molar-refractivity contribution is -0.116. The number of carbonyl (C=O) groups excluding carboxylic acids is 2. The van der Waals surface area contributed by atoms with Gasteiger partial charge in [0.1, 0.15) is 0 Å². The molecule has 4 nitrogen and oxygen atoms in total. The second-order valence-corrected chi connectivity index (χ2v) is 8.22. The number of thioether (sulfide) groups is 1. The first-order valence-corrected chi connectivity index (χ1v) is 10.2. The average molecular weight is 385 g/mol. The minimum atomic E-state index is -0.253. The Bertz CT molecular complexity index is 784. The predicted octanol–water partition coefficient (Wildman–Crippen LogP) is 5.55. The third kappa shape index (κ3) is 7.10. The number of nitrogens with one attached hydrogen (secondary N) is 2. The van der Waals surface area contributed by atoms with Gasteiger partial charge in [0.25, 0.3) is 0 Å². The second-order valence-electron chi connectivity index (χ2n) is 6.81. The zero-order valence-electron chi connectivity index (χ0n) is 16.5. The van der Waals surface area contributed by atoms with Crippen molar-refractivity contribution in [3.05, 3.63) is 53.6 Å². The molecule has 0 aromatic heterocycles. The lowest BCUT2D eigenvalue weighted by Crippen LogP contribution is -2.22. The molecule has 0 aliphatic rings. The fraction of sp³-hybridized carbons (Fsp3) is 0.364. The van der Waals surface area contributed by atoms with E-state index in [2.05, 4.69) is 23.6 Å². The van der Waals surface area contributed by atoms with Crippen LogP contribution in [-0.4, -0.2) is 17.1 Å². The van der Waals surface area contributed by atoms with Gasteiger partial charge in [-0.15, -0.1) is 11.8 Å². The van der Waals surface area contributed by atoms with Gasteiger partial charge in [-0.1, -0.05) is 25.5 Å². The Labute approximate surface area is 166 Å². The first kappa shape index (κ1) is 21.0. The van der Waals surface area contributed by atoms with Crippen LogP contribution in [0.4, 0.5) is 11.4 Å². The minimum Gasteiger partial charge on any atom is -0.326 e. The summed E-state index contributed by atoms with van der Waals surface area (Å²) in [6.45, 7) is 7.98. The van der Waals surface area contributed by atoms with Crippen molar-refractivity contribution < 1.29 is 9.59 Å². The van der Waals surface area contributed by atoms with E-state index in [1.807, 2.05) is 57.2 Å². The van der Waals surface area contributed by atoms with Crippen molar-refractivity contribution in [3.63, 3.8) is 0 Å². The molecule has 0 radical (unpaired) electrons. The van der Waals surface area contributed by atoms with E-state index in [0.717, 1.165) is 40.2 Å². The Morgan fingerprint density at radius 2 is 1.70 bits per heavy atom. The van der Waals surface area contributed by atoms with Crippen LogP contribution >= 0.6 is 11.8 Å². The van der Waals surface area contributed by atoms with Gasteiger partial charge < -0.3 is 10.6 Å². The number of benzene rings is 2. The third-order valence-corrected chi connectivity index (χ3v) is 5.14. The molecule has 1 atom stereocenters. The fourth-order valence-electron chi connectivity index (χ4n) is 2.76. The maximum Gasteiger partial charge on any atom is 0.237 e. The van der Waals surface area contributed by atoms with Gasteiger partial charge in [-0.3, -0.25) is 9.59 Å². The van der Waals surface area contributed by atoms with Gasteiger partial charge >= 0.3 is 0 Å². The summed E-state index contributed by atoms with van der Waals surface area (Å²) in [7, 11) is 0. The topological polar surface area (TPSA) is 58.2 Å². The van der Waals surface area contributed by atoms with Crippen molar-refractivity contribution in [1.82, 2.24) is 0 Å². The number of hydrogen-bond donors (Lipinski definition) is 2. The molecule has 0 saturated heterocycles. The number of carbonyl (C=O) groups is 2. The van der Waals surface area contributed by atoms with E-state index in [-0.39, 0.29) is 17.1 Å². The zero-order valence-corrected chi connectivity index (χ0v) is 17.3. The fourth-order valence-corrected chi connectivity index (χ4v) is 3.68. The van der Waals surface area contributed by atoms with Crippen LogP contribution in [-0.2, 0) is 9.59 Å². The molecule has 0 saturated carbocycles. The number of hydrogen-bond acceptors (Lipinski definition) is 3. The van der Waals surface area contributed by atoms with E-state index in [1.54, 1.807) is 0 Å². The van der Waals surface area contributed by atoms with Crippen LogP contribution in [0.2, 0.25) is 0 Å². The van der Waals surface area contributed by atoms with Crippen LogP contribution in [0.15, 0.2) is 47.4 Å². The maximum atomic E-state index is 12.5. The number of aryl methyl sites for hydroxylation is 2. The number of anilines is 2. The molecule has 2 N–H and O–H groups in total. The molecule has 2 rings (SSSR count). The predicted molar refractivity (Wildman–Crippen MR) is 114 cm³/mol. The van der Waals surface area contributed by atoms with E-state index >= 15 is 0 Å². The highest BCUT2D eigenvalue weighted by Gasteiger charge is 2.15. The molecule has 144 valence electrons. The second kappa shape index (κ2) is 10.2. The molecular formula is C22H28N2O2S. The SMILES string of the molecule is CCCCC(=O)Nc1cccc(SC(C)C(=O)Nc2cc(C)cc(C)c2)c1. The molecule has 2 aromatic carbocycles. The Balaban J connectivity index is 1.96. The standard InChI is InChI=1S/C22H28N2O2S/c1-5-6-10-21(25)23-18-8-7-9-20(14-18)27-17(4)22(26)24-19-12-15(2)11-16(3)13-19/h7-9,11-14,17H,5-6,10H2,1-4H3,(H,23,25)(H,24,26). The van der Waals surface area contributed by atoms with Gasteiger partial charge in [0.15, 0.2) is 0 Å². The lowest BCUT2D eigenvalue weighted by atomic mass is 10.1. The van der Waals surface area contributed by atoms with Crippen molar-refractivity contribution in [2.75, 3.05) is 10.6 Å². The highest BCUT2D eigenvalue weighted by atomic mass is 32.2. The molecule has 1 unspecified atom stereocenters. The molecule has 0 aliphatic heterocycles. The van der Waals surface area contributed by atoms with Crippen LogP contribution in [0.5, 0.6) is 0 Å². The first-order valence-electron chi connectivity index (χ1n) is 9.33. The Hall–Kier alpha value is -2.27. The summed E-state index contributed by atoms with van der Waals surface area (Å²) in [5.41, 5.74) is 3.83. The summed E-state index contributed by atoms with van der Waals surface area (Å²) in [5, 5.41) is 5.65. The van der Waals surface area contributed by atoms with Crippen molar-refractivity contribution in [1.29, 1.82) is 0 Å². The Morgan fingerprint density at radius 1 is 1.00 bits per heavy atom. The molecule has 2 aromatic rings. The van der Waals surface area contributed by atoms with Crippen molar-refractivity contribution in [3.8, 4) is 0 Å². The van der Waals surface area contributed by atoms with Crippen LogP contribution in [0, 0.1) is 13.8 Å². The molecule has 0 heterocycles. The zero-order chi connectivity index (χ0) is 19.8. The van der Waals surface area contributed by atoms with E-state index in [9.17, 15) is 9.59 Å². The van der Waals surface area contributed by atoms with Gasteiger partial charge in [0.2, 0.25) is 11.8 Å². The number of rotatable bonds is 8.